The standard InChI is InChI=1S/C24H27N5O2S/c1-24(23(31)26-17-6-3-2-4-7-17)15-28-20(14-19(27-28)21-8-5-13-32-21)22(30)29(24)18-11-9-16(25)10-12-18/h5,8-14,17H,2-4,6-7,15,25H2,1H3,(H,26,31). The zero-order valence-electron chi connectivity index (χ0n) is 18.1. The molecule has 1 atom stereocenters. The summed E-state index contributed by atoms with van der Waals surface area (Å²) in [6.07, 6.45) is 5.41. The van der Waals surface area contributed by atoms with Gasteiger partial charge in [-0.2, -0.15) is 5.10 Å². The van der Waals surface area contributed by atoms with E-state index in [4.69, 9.17) is 10.8 Å². The van der Waals surface area contributed by atoms with Crippen molar-refractivity contribution in [2.45, 2.75) is 57.2 Å². The van der Waals surface area contributed by atoms with Crippen LogP contribution in [0.25, 0.3) is 10.6 Å². The minimum Gasteiger partial charge on any atom is -0.399 e. The maximum atomic E-state index is 13.8. The third-order valence-electron chi connectivity index (χ3n) is 6.51. The van der Waals surface area contributed by atoms with Gasteiger partial charge >= 0.3 is 0 Å². The van der Waals surface area contributed by atoms with E-state index in [1.165, 1.54) is 6.42 Å². The first-order valence-electron chi connectivity index (χ1n) is 11.1. The number of hydrogen-bond acceptors (Lipinski definition) is 5. The van der Waals surface area contributed by atoms with Crippen molar-refractivity contribution in [3.63, 3.8) is 0 Å². The molecule has 166 valence electrons. The van der Waals surface area contributed by atoms with Crippen LogP contribution in [0.5, 0.6) is 0 Å². The van der Waals surface area contributed by atoms with Crippen molar-refractivity contribution in [1.82, 2.24) is 15.1 Å². The molecule has 7 nitrogen and oxygen atoms in total. The van der Waals surface area contributed by atoms with Crippen molar-refractivity contribution in [3.05, 3.63) is 53.5 Å². The van der Waals surface area contributed by atoms with Crippen molar-refractivity contribution < 1.29 is 9.59 Å². The number of nitrogen functional groups attached to an aromatic ring is 1. The lowest BCUT2D eigenvalue weighted by molar-refractivity contribution is -0.127. The van der Waals surface area contributed by atoms with Crippen LogP contribution >= 0.6 is 11.3 Å². The highest BCUT2D eigenvalue weighted by molar-refractivity contribution is 7.13. The molecule has 32 heavy (non-hydrogen) atoms. The van der Waals surface area contributed by atoms with Gasteiger partial charge in [0.1, 0.15) is 16.9 Å². The molecule has 1 fully saturated rings. The quantitative estimate of drug-likeness (QED) is 0.588. The van der Waals surface area contributed by atoms with Crippen LogP contribution in [0.3, 0.4) is 0 Å². The molecule has 5 rings (SSSR count). The highest BCUT2D eigenvalue weighted by atomic mass is 32.1. The number of carbonyl (C=O) groups is 2. The van der Waals surface area contributed by atoms with E-state index in [2.05, 4.69) is 5.32 Å². The van der Waals surface area contributed by atoms with Gasteiger partial charge in [0.15, 0.2) is 0 Å². The van der Waals surface area contributed by atoms with Gasteiger partial charge in [-0.25, -0.2) is 0 Å². The molecule has 1 saturated carbocycles. The molecule has 1 aliphatic carbocycles. The Labute approximate surface area is 191 Å². The highest BCUT2D eigenvalue weighted by Gasteiger charge is 2.49. The Morgan fingerprint density at radius 3 is 2.62 bits per heavy atom. The van der Waals surface area contributed by atoms with Crippen molar-refractivity contribution in [3.8, 4) is 10.6 Å². The molecule has 2 aliphatic rings. The summed E-state index contributed by atoms with van der Waals surface area (Å²) >= 11 is 1.58. The molecule has 0 saturated heterocycles. The number of hydrogen-bond donors (Lipinski definition) is 2. The van der Waals surface area contributed by atoms with Gasteiger partial charge in [0.05, 0.1) is 11.4 Å². The van der Waals surface area contributed by atoms with E-state index < -0.39 is 5.54 Å². The molecule has 2 amide bonds. The van der Waals surface area contributed by atoms with Crippen LogP contribution in [-0.4, -0.2) is 33.2 Å². The summed E-state index contributed by atoms with van der Waals surface area (Å²) in [7, 11) is 0. The minimum atomic E-state index is -1.11. The van der Waals surface area contributed by atoms with Crippen LogP contribution < -0.4 is 16.0 Å². The number of carbonyl (C=O) groups excluding carboxylic acids is 2. The van der Waals surface area contributed by atoms with Gasteiger partial charge in [0, 0.05) is 17.4 Å². The predicted molar refractivity (Wildman–Crippen MR) is 127 cm³/mol. The molecule has 0 bridgehead atoms. The van der Waals surface area contributed by atoms with Crippen molar-refractivity contribution in [2.24, 2.45) is 0 Å². The molecule has 0 spiro atoms. The molecule has 8 heteroatoms. The highest BCUT2D eigenvalue weighted by Crippen LogP contribution is 2.35. The molecule has 1 aliphatic heterocycles. The number of benzene rings is 1. The van der Waals surface area contributed by atoms with Gasteiger partial charge in [-0.3, -0.25) is 19.2 Å². The Morgan fingerprint density at radius 1 is 1.19 bits per heavy atom. The molecule has 3 N–H and O–H groups in total. The molecule has 3 heterocycles. The van der Waals surface area contributed by atoms with Crippen LogP contribution in [0.15, 0.2) is 47.8 Å². The third kappa shape index (κ3) is 3.58. The predicted octanol–water partition coefficient (Wildman–Crippen LogP) is 4.06. The maximum absolute atomic E-state index is 13.8. The van der Waals surface area contributed by atoms with Crippen LogP contribution in [0.1, 0.15) is 49.5 Å². The lowest BCUT2D eigenvalue weighted by Gasteiger charge is -2.44. The van der Waals surface area contributed by atoms with E-state index in [9.17, 15) is 9.59 Å². The lowest BCUT2D eigenvalue weighted by Crippen LogP contribution is -2.65. The van der Waals surface area contributed by atoms with Crippen LogP contribution in [0, 0.1) is 0 Å². The molecule has 3 aromatic rings. The van der Waals surface area contributed by atoms with Gasteiger partial charge < -0.3 is 11.1 Å². The molecular formula is C24H27N5O2S. The number of nitrogens with zero attached hydrogens (tertiary/aromatic N) is 3. The smallest absolute Gasteiger partial charge is 0.277 e. The largest absolute Gasteiger partial charge is 0.399 e. The van der Waals surface area contributed by atoms with Gasteiger partial charge in [0.2, 0.25) is 5.91 Å². The van der Waals surface area contributed by atoms with E-state index in [0.29, 0.717) is 17.1 Å². The van der Waals surface area contributed by atoms with Crippen molar-refractivity contribution in [1.29, 1.82) is 0 Å². The summed E-state index contributed by atoms with van der Waals surface area (Å²) in [5, 5.41) is 9.90. The molecule has 1 aromatic carbocycles. The number of aromatic nitrogens is 2. The number of anilines is 2. The Balaban J connectivity index is 1.55. The monoisotopic (exact) mass is 449 g/mol. The second-order valence-electron chi connectivity index (χ2n) is 8.86. The first-order chi connectivity index (χ1) is 15.5. The first-order valence-corrected chi connectivity index (χ1v) is 12.0. The van der Waals surface area contributed by atoms with E-state index in [0.717, 1.165) is 36.3 Å². The van der Waals surface area contributed by atoms with E-state index >= 15 is 0 Å². The zero-order valence-corrected chi connectivity index (χ0v) is 18.9. The number of nitrogens with two attached hydrogens (primary N) is 1. The summed E-state index contributed by atoms with van der Waals surface area (Å²) in [5.41, 5.74) is 7.25. The molecule has 1 unspecified atom stereocenters. The maximum Gasteiger partial charge on any atom is 0.277 e. The number of amides is 2. The topological polar surface area (TPSA) is 93.2 Å². The normalized spacial score (nSPS) is 21.4. The summed E-state index contributed by atoms with van der Waals surface area (Å²) in [6.45, 7) is 2.11. The van der Waals surface area contributed by atoms with Crippen molar-refractivity contribution in [2.75, 3.05) is 10.6 Å². The summed E-state index contributed by atoms with van der Waals surface area (Å²) < 4.78 is 1.69. The summed E-state index contributed by atoms with van der Waals surface area (Å²) in [6, 6.07) is 13.0. The van der Waals surface area contributed by atoms with Gasteiger partial charge in [0.25, 0.3) is 5.91 Å². The molecule has 2 aromatic heterocycles. The molecule has 0 radical (unpaired) electrons. The fourth-order valence-electron chi connectivity index (χ4n) is 4.74. The van der Waals surface area contributed by atoms with Crippen LogP contribution in [-0.2, 0) is 11.3 Å². The number of nitrogens with one attached hydrogen (secondary N) is 1. The second kappa shape index (κ2) is 8.09. The van der Waals surface area contributed by atoms with E-state index in [1.807, 2.05) is 30.5 Å². The van der Waals surface area contributed by atoms with Gasteiger partial charge in [-0.15, -0.1) is 11.3 Å². The third-order valence-corrected chi connectivity index (χ3v) is 7.40. The zero-order chi connectivity index (χ0) is 22.3. The summed E-state index contributed by atoms with van der Waals surface area (Å²) in [5.74, 6) is -0.383. The van der Waals surface area contributed by atoms with E-state index in [1.54, 1.807) is 45.2 Å². The van der Waals surface area contributed by atoms with Gasteiger partial charge in [-0.1, -0.05) is 25.3 Å². The Kier molecular flexibility index (Phi) is 5.25. The van der Waals surface area contributed by atoms with Gasteiger partial charge in [-0.05, 0) is 61.5 Å². The fraction of sp³-hybridized carbons (Fsp3) is 0.375. The van der Waals surface area contributed by atoms with Crippen molar-refractivity contribution >= 4 is 34.5 Å². The van der Waals surface area contributed by atoms with Crippen LogP contribution in [0.2, 0.25) is 0 Å². The fourth-order valence-corrected chi connectivity index (χ4v) is 5.42. The Morgan fingerprint density at radius 2 is 1.94 bits per heavy atom. The summed E-state index contributed by atoms with van der Waals surface area (Å²) in [4.78, 5) is 30.0. The Hall–Kier alpha value is -3.13. The average Bonchev–Trinajstić information content (AvgIpc) is 3.46. The number of fused-ring (bicyclic) bond motifs is 1. The first kappa shape index (κ1) is 20.8. The second-order valence-corrected chi connectivity index (χ2v) is 9.81. The number of rotatable bonds is 4. The number of thiophene rings is 1. The lowest BCUT2D eigenvalue weighted by atomic mass is 9.91. The van der Waals surface area contributed by atoms with E-state index in [-0.39, 0.29) is 24.4 Å². The minimum absolute atomic E-state index is 0.145. The Bertz CT molecular complexity index is 1130. The SMILES string of the molecule is CC1(C(=O)NC2CCCCC2)Cn2nc(-c3cccs3)cc2C(=O)N1c1ccc(N)cc1. The average molecular weight is 450 g/mol. The molecular weight excluding hydrogens is 422 g/mol. The van der Waals surface area contributed by atoms with Crippen LogP contribution in [0.4, 0.5) is 11.4 Å².